The first-order valence-electron chi connectivity index (χ1n) is 14.1. The Kier molecular flexibility index (Phi) is 7.76. The van der Waals surface area contributed by atoms with Crippen molar-refractivity contribution < 1.29 is 9.59 Å². The van der Waals surface area contributed by atoms with E-state index in [4.69, 9.17) is 0 Å². The maximum Gasteiger partial charge on any atom is 0.254 e. The highest BCUT2D eigenvalue weighted by Crippen LogP contribution is 2.41. The molecule has 4 atom stereocenters. The van der Waals surface area contributed by atoms with E-state index in [1.165, 1.54) is 29.5 Å². The number of hydrogen-bond acceptors (Lipinski definition) is 3. The monoisotopic (exact) mass is 487 g/mol. The summed E-state index contributed by atoms with van der Waals surface area (Å²) in [5.74, 6) is 0.573. The number of benzene rings is 2. The highest BCUT2D eigenvalue weighted by atomic mass is 16.2. The molecule has 3 aliphatic rings. The van der Waals surface area contributed by atoms with Crippen molar-refractivity contribution >= 4 is 11.8 Å². The van der Waals surface area contributed by atoms with Gasteiger partial charge in [-0.25, -0.2) is 0 Å². The Bertz CT molecular complexity index is 1070. The molecule has 3 aliphatic heterocycles. The standard InChI is InChI=1S/C31H41N3O2/c1-3-4-5-9-18-33(22(2)23-11-7-6-8-12-23)30(35)25-14-15-26-24(20-25)16-19-34-29(26)21-28-27(31(34)36)13-10-17-32-28/h6-8,11-12,14-15,20,22,27-29,32H,3-5,9-10,13,16-19,21H2,1-2H3/t22-,27-,28-,29+/m1/s1. The summed E-state index contributed by atoms with van der Waals surface area (Å²) < 4.78 is 0. The molecular formula is C31H41N3O2. The molecule has 0 aromatic heterocycles. The third-order valence-electron chi connectivity index (χ3n) is 8.67. The summed E-state index contributed by atoms with van der Waals surface area (Å²) in [6, 6.07) is 17.1. The van der Waals surface area contributed by atoms with Crippen LogP contribution in [0, 0.1) is 5.92 Å². The predicted molar refractivity (Wildman–Crippen MR) is 144 cm³/mol. The number of nitrogens with one attached hydrogen (secondary N) is 1. The molecule has 192 valence electrons. The van der Waals surface area contributed by atoms with E-state index < -0.39 is 0 Å². The molecule has 3 heterocycles. The number of amides is 2. The fraction of sp³-hybridized carbons (Fsp3) is 0.548. The first-order chi connectivity index (χ1) is 17.6. The zero-order chi connectivity index (χ0) is 25.1. The summed E-state index contributed by atoms with van der Waals surface area (Å²) in [7, 11) is 0. The lowest BCUT2D eigenvalue weighted by atomic mass is 9.77. The topological polar surface area (TPSA) is 52.7 Å². The van der Waals surface area contributed by atoms with Crippen LogP contribution in [0.15, 0.2) is 48.5 Å². The molecule has 2 aromatic carbocycles. The molecular weight excluding hydrogens is 446 g/mol. The SMILES string of the molecule is CCCCCCN(C(=O)c1ccc2c(c1)CCN1C(=O)[C@@H]3CCCN[C@@H]3C[C@@H]21)[C@H](C)c1ccccc1. The van der Waals surface area contributed by atoms with Crippen molar-refractivity contribution in [2.75, 3.05) is 19.6 Å². The van der Waals surface area contributed by atoms with E-state index in [0.717, 1.165) is 63.7 Å². The van der Waals surface area contributed by atoms with Gasteiger partial charge in [-0.05, 0) is 74.4 Å². The minimum atomic E-state index is 0.0251. The van der Waals surface area contributed by atoms with Gasteiger partial charge >= 0.3 is 0 Å². The van der Waals surface area contributed by atoms with Crippen molar-refractivity contribution in [2.45, 2.75) is 83.3 Å². The summed E-state index contributed by atoms with van der Waals surface area (Å²) in [6.07, 6.45) is 8.46. The Labute approximate surface area is 216 Å². The van der Waals surface area contributed by atoms with Crippen LogP contribution in [0.5, 0.6) is 0 Å². The molecule has 0 aliphatic carbocycles. The van der Waals surface area contributed by atoms with E-state index in [-0.39, 0.29) is 30.0 Å². The first kappa shape index (κ1) is 25.0. The van der Waals surface area contributed by atoms with Crippen LogP contribution in [-0.2, 0) is 11.2 Å². The van der Waals surface area contributed by atoms with Crippen LogP contribution in [-0.4, -0.2) is 47.3 Å². The van der Waals surface area contributed by atoms with E-state index in [1.807, 2.05) is 24.3 Å². The molecule has 0 saturated carbocycles. The van der Waals surface area contributed by atoms with Crippen molar-refractivity contribution in [1.29, 1.82) is 0 Å². The van der Waals surface area contributed by atoms with Crippen LogP contribution in [0.4, 0.5) is 0 Å². The van der Waals surface area contributed by atoms with E-state index in [0.29, 0.717) is 5.91 Å². The van der Waals surface area contributed by atoms with E-state index in [2.05, 4.69) is 53.2 Å². The Morgan fingerprint density at radius 3 is 2.78 bits per heavy atom. The van der Waals surface area contributed by atoms with Gasteiger partial charge in [0.1, 0.15) is 0 Å². The maximum atomic E-state index is 13.9. The minimum absolute atomic E-state index is 0.0251. The van der Waals surface area contributed by atoms with E-state index in [9.17, 15) is 9.59 Å². The van der Waals surface area contributed by atoms with Crippen LogP contribution in [0.3, 0.4) is 0 Å². The zero-order valence-electron chi connectivity index (χ0n) is 21.9. The van der Waals surface area contributed by atoms with Gasteiger partial charge < -0.3 is 15.1 Å². The lowest BCUT2D eigenvalue weighted by Crippen LogP contribution is -2.57. The maximum absolute atomic E-state index is 13.9. The highest BCUT2D eigenvalue weighted by molar-refractivity contribution is 5.95. The molecule has 5 heteroatoms. The Hall–Kier alpha value is -2.66. The van der Waals surface area contributed by atoms with E-state index >= 15 is 0 Å². The highest BCUT2D eigenvalue weighted by Gasteiger charge is 2.45. The molecule has 2 aromatic rings. The third-order valence-corrected chi connectivity index (χ3v) is 8.67. The molecule has 0 spiro atoms. The van der Waals surface area contributed by atoms with Gasteiger partial charge in [0.15, 0.2) is 0 Å². The number of carbonyl (C=O) groups is 2. The van der Waals surface area contributed by atoms with Crippen LogP contribution < -0.4 is 5.32 Å². The number of unbranched alkanes of at least 4 members (excludes halogenated alkanes) is 3. The smallest absolute Gasteiger partial charge is 0.254 e. The van der Waals surface area contributed by atoms with Gasteiger partial charge in [-0.3, -0.25) is 9.59 Å². The first-order valence-corrected chi connectivity index (χ1v) is 14.1. The molecule has 1 N–H and O–H groups in total. The number of piperidine rings is 2. The molecule has 5 nitrogen and oxygen atoms in total. The Balaban J connectivity index is 1.38. The second-order valence-electron chi connectivity index (χ2n) is 10.9. The van der Waals surface area contributed by atoms with Crippen molar-refractivity contribution in [1.82, 2.24) is 15.1 Å². The van der Waals surface area contributed by atoms with Crippen LogP contribution >= 0.6 is 0 Å². The largest absolute Gasteiger partial charge is 0.335 e. The summed E-state index contributed by atoms with van der Waals surface area (Å²) in [5.41, 5.74) is 4.42. The average molecular weight is 488 g/mol. The van der Waals surface area contributed by atoms with Crippen molar-refractivity contribution in [2.24, 2.45) is 5.92 Å². The lowest BCUT2D eigenvalue weighted by Gasteiger charge is -2.48. The van der Waals surface area contributed by atoms with Crippen molar-refractivity contribution in [3.63, 3.8) is 0 Å². The number of fused-ring (bicyclic) bond motifs is 4. The minimum Gasteiger partial charge on any atom is -0.335 e. The summed E-state index contributed by atoms with van der Waals surface area (Å²) >= 11 is 0. The normalized spacial score (nSPS) is 23.9. The summed E-state index contributed by atoms with van der Waals surface area (Å²) in [4.78, 5) is 31.3. The lowest BCUT2D eigenvalue weighted by molar-refractivity contribution is -0.145. The fourth-order valence-electron chi connectivity index (χ4n) is 6.57. The number of rotatable bonds is 8. The van der Waals surface area contributed by atoms with Crippen LogP contribution in [0.1, 0.15) is 97.9 Å². The van der Waals surface area contributed by atoms with Gasteiger partial charge in [0, 0.05) is 24.7 Å². The number of carbonyl (C=O) groups excluding carboxylic acids is 2. The summed E-state index contributed by atoms with van der Waals surface area (Å²) in [6.45, 7) is 6.90. The molecule has 2 saturated heterocycles. The molecule has 2 amide bonds. The van der Waals surface area contributed by atoms with Gasteiger partial charge in [-0.1, -0.05) is 62.6 Å². The van der Waals surface area contributed by atoms with E-state index in [1.54, 1.807) is 0 Å². The van der Waals surface area contributed by atoms with Crippen molar-refractivity contribution in [3.8, 4) is 0 Å². The van der Waals surface area contributed by atoms with Gasteiger partial charge in [-0.15, -0.1) is 0 Å². The van der Waals surface area contributed by atoms with Crippen LogP contribution in [0.25, 0.3) is 0 Å². The predicted octanol–water partition coefficient (Wildman–Crippen LogP) is 5.67. The number of hydrogen-bond donors (Lipinski definition) is 1. The molecule has 2 fully saturated rings. The summed E-state index contributed by atoms with van der Waals surface area (Å²) in [5, 5.41) is 3.61. The third kappa shape index (κ3) is 4.95. The second kappa shape index (κ2) is 11.2. The fourth-order valence-corrected chi connectivity index (χ4v) is 6.57. The molecule has 0 unspecified atom stereocenters. The van der Waals surface area contributed by atoms with Gasteiger partial charge in [0.25, 0.3) is 5.91 Å². The quantitative estimate of drug-likeness (QED) is 0.488. The van der Waals surface area contributed by atoms with Gasteiger partial charge in [0.2, 0.25) is 5.91 Å². The molecule has 0 radical (unpaired) electrons. The Morgan fingerprint density at radius 2 is 1.97 bits per heavy atom. The molecule has 5 rings (SSSR count). The Morgan fingerprint density at radius 1 is 1.14 bits per heavy atom. The second-order valence-corrected chi connectivity index (χ2v) is 10.9. The van der Waals surface area contributed by atoms with Gasteiger partial charge in [-0.2, -0.15) is 0 Å². The van der Waals surface area contributed by atoms with Crippen molar-refractivity contribution in [3.05, 3.63) is 70.8 Å². The molecule has 0 bridgehead atoms. The molecule has 36 heavy (non-hydrogen) atoms. The average Bonchev–Trinajstić information content (AvgIpc) is 2.92. The van der Waals surface area contributed by atoms with Gasteiger partial charge in [0.05, 0.1) is 18.0 Å². The zero-order valence-corrected chi connectivity index (χ0v) is 21.9. The number of nitrogens with zero attached hydrogens (tertiary/aromatic N) is 2. The van der Waals surface area contributed by atoms with Crippen LogP contribution in [0.2, 0.25) is 0 Å².